The Morgan fingerprint density at radius 2 is 1.53 bits per heavy atom. The maximum Gasteiger partial charge on any atom is 0.255 e. The number of carbonyl (C=O) groups excluding carboxylic acids is 5. The number of aromatic nitrogens is 2. The molecule has 0 saturated carbocycles. The first-order valence-electron chi connectivity index (χ1n) is 21.9. The van der Waals surface area contributed by atoms with Crippen LogP contribution in [0.3, 0.4) is 0 Å². The predicted molar refractivity (Wildman–Crippen MR) is 247 cm³/mol. The number of nitrogens with zero attached hydrogens (tertiary/aromatic N) is 5. The molecule has 348 valence electrons. The van der Waals surface area contributed by atoms with Crippen LogP contribution in [0.5, 0.6) is 11.5 Å². The van der Waals surface area contributed by atoms with E-state index in [1.54, 1.807) is 50.2 Å². The topological polar surface area (TPSA) is 286 Å². The van der Waals surface area contributed by atoms with Crippen LogP contribution in [0.25, 0.3) is 22.5 Å². The van der Waals surface area contributed by atoms with E-state index in [4.69, 9.17) is 26.7 Å². The Balaban J connectivity index is 1.37. The summed E-state index contributed by atoms with van der Waals surface area (Å²) in [6.45, 7) is 7.25. The van der Waals surface area contributed by atoms with Gasteiger partial charge in [-0.3, -0.25) is 24.0 Å². The van der Waals surface area contributed by atoms with E-state index in [0.717, 1.165) is 30.8 Å². The van der Waals surface area contributed by atoms with Crippen LogP contribution in [-0.2, 0) is 25.6 Å². The van der Waals surface area contributed by atoms with Gasteiger partial charge in [-0.1, -0.05) is 12.1 Å². The summed E-state index contributed by atoms with van der Waals surface area (Å²) in [6.07, 6.45) is 1.17. The molecule has 3 heterocycles. The highest BCUT2D eigenvalue weighted by Gasteiger charge is 2.36. The highest BCUT2D eigenvalue weighted by Crippen LogP contribution is 2.40. The fourth-order valence-electron chi connectivity index (χ4n) is 7.93. The van der Waals surface area contributed by atoms with Crippen molar-refractivity contribution in [2.24, 2.45) is 17.2 Å². The molecule has 0 radical (unpaired) electrons. The second-order valence-electron chi connectivity index (χ2n) is 16.2. The van der Waals surface area contributed by atoms with Gasteiger partial charge in [0.05, 0.1) is 23.0 Å². The highest BCUT2D eigenvalue weighted by molar-refractivity contribution is 6.00. The van der Waals surface area contributed by atoms with Gasteiger partial charge in [-0.15, -0.1) is 0 Å². The van der Waals surface area contributed by atoms with Gasteiger partial charge in [0.2, 0.25) is 23.6 Å². The third-order valence-corrected chi connectivity index (χ3v) is 11.5. The smallest absolute Gasteiger partial charge is 0.255 e. The molecule has 4 aromatic rings. The van der Waals surface area contributed by atoms with Crippen LogP contribution < -0.4 is 52.8 Å². The number of amides is 5. The van der Waals surface area contributed by atoms with E-state index in [9.17, 15) is 29.2 Å². The molecule has 6 rings (SSSR count). The Bertz CT molecular complexity index is 2450. The average molecular weight is 903 g/mol. The van der Waals surface area contributed by atoms with Crippen molar-refractivity contribution in [2.45, 2.75) is 64.2 Å². The van der Waals surface area contributed by atoms with Gasteiger partial charge < -0.3 is 57.7 Å². The number of aryl methyl sites for hydroxylation is 2. The predicted octanol–water partition coefficient (Wildman–Crippen LogP) is 1.14. The molecule has 1 aromatic heterocycles. The number of anilines is 1. The zero-order valence-corrected chi connectivity index (χ0v) is 37.7. The molecule has 19 heteroatoms. The first-order chi connectivity index (χ1) is 31.8. The van der Waals surface area contributed by atoms with E-state index in [-0.39, 0.29) is 57.8 Å². The molecule has 0 aliphatic carbocycles. The van der Waals surface area contributed by atoms with E-state index in [0.29, 0.717) is 51.0 Å². The molecule has 2 aliphatic rings. The minimum atomic E-state index is -1.40. The molecular formula is C47H58N12O7. The van der Waals surface area contributed by atoms with Gasteiger partial charge in [0.25, 0.3) is 5.91 Å². The van der Waals surface area contributed by atoms with Crippen LogP contribution in [0, 0.1) is 25.2 Å². The lowest BCUT2D eigenvalue weighted by atomic mass is 9.93. The minimum Gasteiger partial charge on any atom is -0.492 e. The monoisotopic (exact) mass is 902 g/mol. The van der Waals surface area contributed by atoms with Gasteiger partial charge in [0.1, 0.15) is 55.4 Å². The van der Waals surface area contributed by atoms with E-state index < -0.39 is 53.7 Å². The van der Waals surface area contributed by atoms with Crippen molar-refractivity contribution < 1.29 is 33.4 Å². The molecule has 1 unspecified atom stereocenters. The van der Waals surface area contributed by atoms with Crippen molar-refractivity contribution >= 4 is 35.2 Å². The van der Waals surface area contributed by atoms with Crippen LogP contribution >= 0.6 is 0 Å². The lowest BCUT2D eigenvalue weighted by Gasteiger charge is -2.33. The van der Waals surface area contributed by atoms with Gasteiger partial charge in [-0.05, 0) is 99.8 Å². The summed E-state index contributed by atoms with van der Waals surface area (Å²) in [6, 6.07) is 15.0. The van der Waals surface area contributed by atoms with Gasteiger partial charge in [-0.25, -0.2) is 9.97 Å². The minimum absolute atomic E-state index is 0.00176. The third-order valence-electron chi connectivity index (χ3n) is 11.5. The van der Waals surface area contributed by atoms with Crippen molar-refractivity contribution in [3.8, 4) is 40.1 Å². The molecule has 4 bridgehead atoms. The Morgan fingerprint density at radius 3 is 2.12 bits per heavy atom. The summed E-state index contributed by atoms with van der Waals surface area (Å²) in [5.41, 5.74) is 22.5. The molecule has 1 saturated heterocycles. The summed E-state index contributed by atoms with van der Waals surface area (Å²) >= 11 is 0. The number of likely N-dealkylation sites (N-methyl/N-ethyl adjacent to an activating group) is 1. The zero-order valence-electron chi connectivity index (χ0n) is 37.7. The van der Waals surface area contributed by atoms with Crippen LogP contribution in [0.2, 0.25) is 0 Å². The van der Waals surface area contributed by atoms with Gasteiger partial charge in [0.15, 0.2) is 5.82 Å². The van der Waals surface area contributed by atoms with E-state index >= 15 is 0 Å². The first-order valence-corrected chi connectivity index (χ1v) is 21.9. The molecule has 2 aliphatic heterocycles. The SMILES string of the molecule is Cc1nc(-c2ccc(N3CCC3)cc2)nc(C)c1C(=O)NC(CCN)C(=O)N(C)[C@@H]1C(=O)N[C@@H](C)C(=O)N[C@H](C(=O)NCC#N)Cc2ccc(OCCN)c(c2)-c2cc1ccc2OCCN. The van der Waals surface area contributed by atoms with Gasteiger partial charge in [0, 0.05) is 62.0 Å². The largest absolute Gasteiger partial charge is 0.492 e. The highest BCUT2D eigenvalue weighted by atomic mass is 16.5. The van der Waals surface area contributed by atoms with E-state index in [1.165, 1.54) is 18.9 Å². The standard InChI is InChI=1S/C47H58N12O7/c1-27-40(28(2)54-42(53-27)31-7-10-33(11-8-31)59-20-5-21-59)45(62)56-36(14-15-48)47(64)58(4)41-32-9-13-39(66-23-18-51)35(26-32)34-24-30(6-12-38(34)65-22-17-50)25-37(44(61)52-19-16-49)57-43(60)29(3)55-46(41)63/h6-13,24,26,29,36-37,41H,5,14-15,17-23,25,48,50-51H2,1-4H3,(H,52,61)(H,55,63)(H,56,62)(H,57,60)/t29-,36?,37-,41-/m0/s1. The summed E-state index contributed by atoms with van der Waals surface area (Å²) in [4.78, 5) is 83.3. The number of rotatable bonds is 16. The Hall–Kier alpha value is -7.14. The lowest BCUT2D eigenvalue weighted by molar-refractivity contribution is -0.141. The molecule has 10 N–H and O–H groups in total. The second kappa shape index (κ2) is 22.2. The normalized spacial score (nSPS) is 17.4. The number of nitrogens with two attached hydrogens (primary N) is 3. The van der Waals surface area contributed by atoms with Crippen molar-refractivity contribution in [1.29, 1.82) is 5.26 Å². The molecule has 1 fully saturated rings. The maximum absolute atomic E-state index is 14.7. The Labute approximate surface area is 383 Å². The number of nitriles is 1. The number of benzene rings is 3. The number of carbonyl (C=O) groups is 5. The van der Waals surface area contributed by atoms with Crippen LogP contribution in [0.1, 0.15) is 58.7 Å². The fourth-order valence-corrected chi connectivity index (χ4v) is 7.93. The van der Waals surface area contributed by atoms with Crippen molar-refractivity contribution in [3.63, 3.8) is 0 Å². The summed E-state index contributed by atoms with van der Waals surface area (Å²) in [5, 5.41) is 19.9. The number of fused-ring (bicyclic) bond motifs is 5. The van der Waals surface area contributed by atoms with E-state index in [1.807, 2.05) is 30.3 Å². The average Bonchev–Trinajstić information content (AvgIpc) is 3.28. The second-order valence-corrected chi connectivity index (χ2v) is 16.2. The third kappa shape index (κ3) is 11.2. The lowest BCUT2D eigenvalue weighted by Crippen LogP contribution is -2.56. The van der Waals surface area contributed by atoms with Crippen LogP contribution in [-0.4, -0.2) is 122 Å². The van der Waals surface area contributed by atoms with Crippen LogP contribution in [0.15, 0.2) is 60.7 Å². The maximum atomic E-state index is 14.7. The molecule has 0 spiro atoms. The summed E-state index contributed by atoms with van der Waals surface area (Å²) in [7, 11) is 1.42. The molecule has 4 atom stereocenters. The quantitative estimate of drug-likeness (QED) is 0.0777. The number of nitrogens with one attached hydrogen (secondary N) is 4. The summed E-state index contributed by atoms with van der Waals surface area (Å²) in [5.74, 6) is -2.11. The molecule has 3 aromatic carbocycles. The van der Waals surface area contributed by atoms with E-state index in [2.05, 4.69) is 36.1 Å². The molecular weight excluding hydrogens is 845 g/mol. The Morgan fingerprint density at radius 1 is 0.894 bits per heavy atom. The van der Waals surface area contributed by atoms with Gasteiger partial charge in [-0.2, -0.15) is 5.26 Å². The number of hydrogen-bond donors (Lipinski definition) is 7. The molecule has 66 heavy (non-hydrogen) atoms. The fraction of sp³-hybridized carbons (Fsp3) is 0.404. The van der Waals surface area contributed by atoms with Crippen LogP contribution in [0.4, 0.5) is 5.69 Å². The molecule has 19 nitrogen and oxygen atoms in total. The summed E-state index contributed by atoms with van der Waals surface area (Å²) < 4.78 is 12.2. The number of ether oxygens (including phenoxy) is 2. The van der Waals surface area contributed by atoms with Crippen molar-refractivity contribution in [3.05, 3.63) is 88.7 Å². The van der Waals surface area contributed by atoms with Gasteiger partial charge >= 0.3 is 0 Å². The zero-order chi connectivity index (χ0) is 47.5. The first kappa shape index (κ1) is 48.3. The van der Waals surface area contributed by atoms with Crippen molar-refractivity contribution in [1.82, 2.24) is 36.1 Å². The molecule has 5 amide bonds. The number of hydrogen-bond acceptors (Lipinski definition) is 14. The van der Waals surface area contributed by atoms with Crippen molar-refractivity contribution in [2.75, 3.05) is 64.4 Å². The Kier molecular flexibility index (Phi) is 16.2.